The lowest BCUT2D eigenvalue weighted by Crippen LogP contribution is -2.66. The van der Waals surface area contributed by atoms with E-state index in [4.69, 9.17) is 14.2 Å². The fourth-order valence-corrected chi connectivity index (χ4v) is 5.15. The first-order chi connectivity index (χ1) is 8.96. The molecule has 0 amide bonds. The molecule has 1 saturated carbocycles. The third-order valence-corrected chi connectivity index (χ3v) is 6.15. The van der Waals surface area contributed by atoms with Crippen LogP contribution in [0.15, 0.2) is 0 Å². The highest BCUT2D eigenvalue weighted by atomic mass is 16.9. The lowest BCUT2D eigenvalue weighted by Gasteiger charge is -2.57. The molecule has 4 heteroatoms. The predicted octanol–water partition coefficient (Wildman–Crippen LogP) is 2.26. The second-order valence-corrected chi connectivity index (χ2v) is 7.23. The van der Waals surface area contributed by atoms with Crippen molar-refractivity contribution in [3.63, 3.8) is 0 Å². The van der Waals surface area contributed by atoms with E-state index in [0.29, 0.717) is 17.8 Å². The highest BCUT2D eigenvalue weighted by Gasteiger charge is 2.71. The van der Waals surface area contributed by atoms with E-state index in [0.717, 1.165) is 19.3 Å². The highest BCUT2D eigenvalue weighted by Crippen LogP contribution is 2.63. The molecule has 19 heavy (non-hydrogen) atoms. The van der Waals surface area contributed by atoms with Gasteiger partial charge >= 0.3 is 0 Å². The Balaban J connectivity index is 1.81. The topological polar surface area (TPSA) is 47.9 Å². The molecule has 4 rings (SSSR count). The van der Waals surface area contributed by atoms with E-state index in [9.17, 15) is 5.11 Å². The summed E-state index contributed by atoms with van der Waals surface area (Å²) < 4.78 is 18.3. The van der Waals surface area contributed by atoms with Crippen LogP contribution in [0.25, 0.3) is 0 Å². The molecule has 8 atom stereocenters. The minimum Gasteiger partial charge on any atom is -0.368 e. The molecule has 3 aliphatic heterocycles. The van der Waals surface area contributed by atoms with Gasteiger partial charge in [0.2, 0.25) is 0 Å². The van der Waals surface area contributed by atoms with Gasteiger partial charge < -0.3 is 19.3 Å². The van der Waals surface area contributed by atoms with Gasteiger partial charge in [-0.3, -0.25) is 0 Å². The van der Waals surface area contributed by atoms with Crippen molar-refractivity contribution in [3.8, 4) is 0 Å². The van der Waals surface area contributed by atoms with Crippen LogP contribution < -0.4 is 0 Å². The van der Waals surface area contributed by atoms with Gasteiger partial charge in [0.1, 0.15) is 5.60 Å². The zero-order valence-electron chi connectivity index (χ0n) is 12.0. The van der Waals surface area contributed by atoms with Crippen molar-refractivity contribution >= 4 is 0 Å². The Hall–Kier alpha value is -0.160. The van der Waals surface area contributed by atoms with Gasteiger partial charge in [-0.1, -0.05) is 13.8 Å². The van der Waals surface area contributed by atoms with E-state index in [1.54, 1.807) is 0 Å². The normalized spacial score (nSPS) is 63.8. The van der Waals surface area contributed by atoms with E-state index in [1.165, 1.54) is 6.42 Å². The fraction of sp³-hybridized carbons (Fsp3) is 1.00. The second kappa shape index (κ2) is 3.73. The largest absolute Gasteiger partial charge is 0.368 e. The van der Waals surface area contributed by atoms with Crippen LogP contribution in [0.3, 0.4) is 0 Å². The Morgan fingerprint density at radius 2 is 1.89 bits per heavy atom. The lowest BCUT2D eigenvalue weighted by atomic mass is 9.57. The SMILES string of the molecule is CC1C(O)O[C@@H]2O[C@@]3(C)CC[C@H]4[C@H](C)CC[C@@H]1[C@@]24O3. The monoisotopic (exact) mass is 268 g/mol. The zero-order chi connectivity index (χ0) is 13.4. The van der Waals surface area contributed by atoms with Crippen LogP contribution in [0.1, 0.15) is 46.5 Å². The molecule has 108 valence electrons. The molecule has 3 saturated heterocycles. The molecular weight excluding hydrogens is 244 g/mol. The van der Waals surface area contributed by atoms with Gasteiger partial charge in [0.15, 0.2) is 18.4 Å². The number of hydrogen-bond donors (Lipinski definition) is 1. The number of fused-ring (bicyclic) bond motifs is 1. The van der Waals surface area contributed by atoms with Crippen molar-refractivity contribution in [2.45, 2.75) is 70.4 Å². The summed E-state index contributed by atoms with van der Waals surface area (Å²) in [6.45, 7) is 6.43. The number of rotatable bonds is 0. The fourth-order valence-electron chi connectivity index (χ4n) is 5.15. The van der Waals surface area contributed by atoms with E-state index >= 15 is 0 Å². The van der Waals surface area contributed by atoms with E-state index in [1.807, 2.05) is 6.92 Å². The van der Waals surface area contributed by atoms with Crippen molar-refractivity contribution in [2.24, 2.45) is 23.7 Å². The minimum absolute atomic E-state index is 0.121. The Labute approximate surface area is 114 Å². The Morgan fingerprint density at radius 3 is 2.68 bits per heavy atom. The number of aliphatic hydroxyl groups is 1. The Bertz CT molecular complexity index is 400. The molecule has 0 aromatic rings. The van der Waals surface area contributed by atoms with Gasteiger partial charge in [0.05, 0.1) is 0 Å². The van der Waals surface area contributed by atoms with Gasteiger partial charge in [-0.25, -0.2) is 0 Å². The van der Waals surface area contributed by atoms with Gasteiger partial charge in [0.25, 0.3) is 0 Å². The molecule has 1 aliphatic carbocycles. The summed E-state index contributed by atoms with van der Waals surface area (Å²) in [6, 6.07) is 0. The average molecular weight is 268 g/mol. The lowest BCUT2D eigenvalue weighted by molar-refractivity contribution is -0.326. The maximum atomic E-state index is 10.1. The van der Waals surface area contributed by atoms with Crippen LogP contribution in [0.2, 0.25) is 0 Å². The standard InChI is InChI=1S/C15H24O4/c1-8-4-5-11-9(2)12(16)17-13-15(11)10(8)6-7-14(3,18-13)19-15/h8-13,16H,4-7H2,1-3H3/t8-,9?,10+,11+,12?,13-,14-,15-/m1/s1. The van der Waals surface area contributed by atoms with Crippen molar-refractivity contribution < 1.29 is 19.3 Å². The molecule has 4 nitrogen and oxygen atoms in total. The highest BCUT2D eigenvalue weighted by molar-refractivity contribution is 5.12. The van der Waals surface area contributed by atoms with Gasteiger partial charge in [0, 0.05) is 18.3 Å². The van der Waals surface area contributed by atoms with Crippen molar-refractivity contribution in [3.05, 3.63) is 0 Å². The van der Waals surface area contributed by atoms with Crippen LogP contribution in [-0.4, -0.2) is 29.1 Å². The quantitative estimate of drug-likeness (QED) is 0.732. The molecule has 4 fully saturated rings. The second-order valence-electron chi connectivity index (χ2n) is 7.23. The minimum atomic E-state index is -0.721. The number of ether oxygens (including phenoxy) is 3. The molecule has 3 heterocycles. The number of aliphatic hydroxyl groups excluding tert-OH is 1. The first-order valence-electron chi connectivity index (χ1n) is 7.68. The molecule has 2 unspecified atom stereocenters. The zero-order valence-corrected chi connectivity index (χ0v) is 12.0. The summed E-state index contributed by atoms with van der Waals surface area (Å²) in [4.78, 5) is 0. The molecule has 0 radical (unpaired) electrons. The Kier molecular flexibility index (Phi) is 2.47. The van der Waals surface area contributed by atoms with Crippen molar-refractivity contribution in [1.29, 1.82) is 0 Å². The summed E-state index contributed by atoms with van der Waals surface area (Å²) in [5.41, 5.74) is -0.316. The predicted molar refractivity (Wildman–Crippen MR) is 68.0 cm³/mol. The molecular formula is C15H24O4. The third-order valence-electron chi connectivity index (χ3n) is 6.15. The van der Waals surface area contributed by atoms with E-state index in [2.05, 4.69) is 13.8 Å². The van der Waals surface area contributed by atoms with Gasteiger partial charge in [-0.15, -0.1) is 0 Å². The third kappa shape index (κ3) is 1.44. The maximum Gasteiger partial charge on any atom is 0.193 e. The Morgan fingerprint density at radius 1 is 1.11 bits per heavy atom. The van der Waals surface area contributed by atoms with Crippen molar-refractivity contribution in [2.75, 3.05) is 0 Å². The summed E-state index contributed by atoms with van der Waals surface area (Å²) in [5.74, 6) is 1.11. The first-order valence-corrected chi connectivity index (χ1v) is 7.68. The molecule has 2 bridgehead atoms. The van der Waals surface area contributed by atoms with Crippen LogP contribution in [0.5, 0.6) is 0 Å². The summed E-state index contributed by atoms with van der Waals surface area (Å²) in [5, 5.41) is 10.1. The maximum absolute atomic E-state index is 10.1. The summed E-state index contributed by atoms with van der Waals surface area (Å²) in [6.07, 6.45) is 3.30. The van der Waals surface area contributed by atoms with Gasteiger partial charge in [-0.05, 0) is 38.0 Å². The van der Waals surface area contributed by atoms with Crippen LogP contribution in [0.4, 0.5) is 0 Å². The summed E-state index contributed by atoms with van der Waals surface area (Å²) >= 11 is 0. The first kappa shape index (κ1) is 12.6. The molecule has 1 spiro atoms. The van der Waals surface area contributed by atoms with Crippen LogP contribution in [-0.2, 0) is 14.2 Å². The van der Waals surface area contributed by atoms with E-state index < -0.39 is 12.1 Å². The van der Waals surface area contributed by atoms with Gasteiger partial charge in [-0.2, -0.15) is 0 Å². The van der Waals surface area contributed by atoms with Crippen LogP contribution >= 0.6 is 0 Å². The molecule has 0 aromatic carbocycles. The van der Waals surface area contributed by atoms with Crippen molar-refractivity contribution in [1.82, 2.24) is 0 Å². The molecule has 0 aromatic heterocycles. The average Bonchev–Trinajstić information content (AvgIpc) is 2.56. The smallest absolute Gasteiger partial charge is 0.193 e. The van der Waals surface area contributed by atoms with E-state index in [-0.39, 0.29) is 17.8 Å². The number of hydrogen-bond acceptors (Lipinski definition) is 4. The molecule has 1 N–H and O–H groups in total. The van der Waals surface area contributed by atoms with Crippen LogP contribution in [0, 0.1) is 23.7 Å². The summed E-state index contributed by atoms with van der Waals surface area (Å²) in [7, 11) is 0. The molecule has 4 aliphatic rings.